The first-order valence-corrected chi connectivity index (χ1v) is 7.93. The Morgan fingerprint density at radius 2 is 1.58 bits per heavy atom. The summed E-state index contributed by atoms with van der Waals surface area (Å²) in [6.07, 6.45) is 0. The number of imide groups is 1. The van der Waals surface area contributed by atoms with Gasteiger partial charge in [0.25, 0.3) is 17.5 Å². The predicted octanol–water partition coefficient (Wildman–Crippen LogP) is 2.75. The first-order valence-electron chi connectivity index (χ1n) is 7.55. The highest BCUT2D eigenvalue weighted by Gasteiger charge is 2.55. The third-order valence-corrected chi connectivity index (χ3v) is 4.44. The van der Waals surface area contributed by atoms with Gasteiger partial charge in [0.15, 0.2) is 12.1 Å². The number of fused-ring (bicyclic) bond motifs is 1. The van der Waals surface area contributed by atoms with E-state index in [1.807, 2.05) is 0 Å². The number of benzene rings is 2. The molecule has 0 bridgehead atoms. The van der Waals surface area contributed by atoms with Crippen LogP contribution < -0.4 is 9.91 Å². The van der Waals surface area contributed by atoms with E-state index in [4.69, 9.17) is 11.6 Å². The summed E-state index contributed by atoms with van der Waals surface area (Å²) in [5.74, 6) is -0.943. The molecule has 1 saturated heterocycles. The molecule has 2 heterocycles. The van der Waals surface area contributed by atoms with Gasteiger partial charge in [0, 0.05) is 17.2 Å². The highest BCUT2D eigenvalue weighted by Crippen LogP contribution is 2.35. The van der Waals surface area contributed by atoms with Crippen LogP contribution in [0.4, 0.5) is 17.1 Å². The van der Waals surface area contributed by atoms with E-state index in [1.165, 1.54) is 29.3 Å². The summed E-state index contributed by atoms with van der Waals surface area (Å²) in [5.41, 5.74) is 0.752. The standard InChI is InChI=1S/C16H10ClN5O4/c17-9-1-3-10(4-2-9)20-15(23)13-14(16(20)24)21(19-18-13)11-5-7-12(8-6-11)22(25)26/h1-8,13-14H/t13-,14-/m1/s1. The molecule has 26 heavy (non-hydrogen) atoms. The van der Waals surface area contributed by atoms with Gasteiger partial charge >= 0.3 is 0 Å². The van der Waals surface area contributed by atoms with E-state index >= 15 is 0 Å². The van der Waals surface area contributed by atoms with Crippen molar-refractivity contribution in [3.8, 4) is 0 Å². The Hall–Kier alpha value is -3.33. The molecule has 4 rings (SSSR count). The summed E-state index contributed by atoms with van der Waals surface area (Å²) in [6, 6.07) is 9.98. The van der Waals surface area contributed by atoms with Crippen LogP contribution in [0.1, 0.15) is 0 Å². The Morgan fingerprint density at radius 3 is 2.19 bits per heavy atom. The molecule has 0 aliphatic carbocycles. The molecule has 0 saturated carbocycles. The number of nitrogens with zero attached hydrogens (tertiary/aromatic N) is 5. The van der Waals surface area contributed by atoms with Crippen LogP contribution in [-0.4, -0.2) is 28.8 Å². The molecule has 0 radical (unpaired) electrons. The number of carbonyl (C=O) groups is 2. The third-order valence-electron chi connectivity index (χ3n) is 4.19. The predicted molar refractivity (Wildman–Crippen MR) is 92.0 cm³/mol. The molecule has 1 fully saturated rings. The Bertz CT molecular complexity index is 944. The fraction of sp³-hybridized carbons (Fsp3) is 0.125. The zero-order chi connectivity index (χ0) is 18.4. The lowest BCUT2D eigenvalue weighted by Gasteiger charge is -2.20. The van der Waals surface area contributed by atoms with E-state index in [1.54, 1.807) is 24.3 Å². The number of hydrogen-bond acceptors (Lipinski definition) is 7. The lowest BCUT2D eigenvalue weighted by atomic mass is 10.1. The summed E-state index contributed by atoms with van der Waals surface area (Å²) in [5, 5.41) is 20.4. The van der Waals surface area contributed by atoms with E-state index in [0.29, 0.717) is 16.4 Å². The Balaban J connectivity index is 1.65. The first kappa shape index (κ1) is 16.2. The number of halogens is 1. The Kier molecular flexibility index (Phi) is 3.66. The number of non-ortho nitro benzene ring substituents is 1. The van der Waals surface area contributed by atoms with Gasteiger partial charge < -0.3 is 0 Å². The fourth-order valence-electron chi connectivity index (χ4n) is 2.95. The first-order chi connectivity index (χ1) is 12.5. The molecule has 2 aliphatic rings. The minimum absolute atomic E-state index is 0.0851. The van der Waals surface area contributed by atoms with Crippen LogP contribution >= 0.6 is 11.6 Å². The summed E-state index contributed by atoms with van der Waals surface area (Å²) in [7, 11) is 0. The number of hydrogen-bond donors (Lipinski definition) is 0. The topological polar surface area (TPSA) is 108 Å². The molecule has 2 aromatic carbocycles. The van der Waals surface area contributed by atoms with Crippen molar-refractivity contribution in [2.24, 2.45) is 10.3 Å². The number of anilines is 2. The van der Waals surface area contributed by atoms with Crippen LogP contribution in [0.3, 0.4) is 0 Å². The SMILES string of the molecule is O=C1[C@@H]2N=NN(c3ccc([N+](=O)[O-])cc3)[C@H]2C(=O)N1c1ccc(Cl)cc1. The van der Waals surface area contributed by atoms with E-state index < -0.39 is 28.8 Å². The second kappa shape index (κ2) is 5.88. The van der Waals surface area contributed by atoms with Crippen molar-refractivity contribution in [1.82, 2.24) is 0 Å². The maximum Gasteiger partial charge on any atom is 0.269 e. The molecule has 10 heteroatoms. The minimum atomic E-state index is -0.951. The molecular formula is C16H10ClN5O4. The Labute approximate surface area is 151 Å². The van der Waals surface area contributed by atoms with E-state index in [0.717, 1.165) is 4.90 Å². The molecule has 0 unspecified atom stereocenters. The average molecular weight is 372 g/mol. The highest BCUT2D eigenvalue weighted by atomic mass is 35.5. The minimum Gasteiger partial charge on any atom is -0.271 e. The molecule has 0 spiro atoms. The van der Waals surface area contributed by atoms with Crippen molar-refractivity contribution < 1.29 is 14.5 Å². The van der Waals surface area contributed by atoms with Crippen molar-refractivity contribution >= 4 is 40.5 Å². The maximum atomic E-state index is 12.8. The van der Waals surface area contributed by atoms with Gasteiger partial charge in [-0.25, -0.2) is 9.91 Å². The van der Waals surface area contributed by atoms with Crippen LogP contribution in [0.5, 0.6) is 0 Å². The van der Waals surface area contributed by atoms with Gasteiger partial charge in [-0.1, -0.05) is 16.8 Å². The lowest BCUT2D eigenvalue weighted by molar-refractivity contribution is -0.384. The quantitative estimate of drug-likeness (QED) is 0.468. The van der Waals surface area contributed by atoms with Gasteiger partial charge in [0.1, 0.15) is 0 Å². The van der Waals surface area contributed by atoms with Crippen molar-refractivity contribution in [1.29, 1.82) is 0 Å². The second-order valence-corrected chi connectivity index (χ2v) is 6.14. The zero-order valence-electron chi connectivity index (χ0n) is 13.0. The fourth-order valence-corrected chi connectivity index (χ4v) is 3.07. The van der Waals surface area contributed by atoms with Gasteiger partial charge in [-0.15, -0.1) is 0 Å². The number of rotatable bonds is 3. The van der Waals surface area contributed by atoms with Gasteiger partial charge in [-0.2, -0.15) is 5.11 Å². The molecule has 2 amide bonds. The van der Waals surface area contributed by atoms with Crippen LogP contribution in [0.15, 0.2) is 58.9 Å². The smallest absolute Gasteiger partial charge is 0.269 e. The molecule has 2 aromatic rings. The lowest BCUT2D eigenvalue weighted by Crippen LogP contribution is -2.39. The molecule has 0 aromatic heterocycles. The molecule has 2 atom stereocenters. The molecule has 2 aliphatic heterocycles. The van der Waals surface area contributed by atoms with Crippen LogP contribution in [-0.2, 0) is 9.59 Å². The van der Waals surface area contributed by atoms with Gasteiger partial charge in [-0.05, 0) is 36.4 Å². The van der Waals surface area contributed by atoms with E-state index in [9.17, 15) is 19.7 Å². The van der Waals surface area contributed by atoms with Gasteiger partial charge in [-0.3, -0.25) is 19.7 Å². The van der Waals surface area contributed by atoms with Gasteiger partial charge in [0.2, 0.25) is 0 Å². The normalized spacial score (nSPS) is 21.4. The molecule has 130 valence electrons. The van der Waals surface area contributed by atoms with Crippen molar-refractivity contribution in [3.63, 3.8) is 0 Å². The van der Waals surface area contributed by atoms with Crippen LogP contribution in [0.2, 0.25) is 5.02 Å². The largest absolute Gasteiger partial charge is 0.271 e. The summed E-state index contributed by atoms with van der Waals surface area (Å²) >= 11 is 5.85. The number of amides is 2. The van der Waals surface area contributed by atoms with Gasteiger partial charge in [0.05, 0.1) is 16.3 Å². The highest BCUT2D eigenvalue weighted by molar-refractivity contribution is 6.31. The van der Waals surface area contributed by atoms with Crippen LogP contribution in [0, 0.1) is 10.1 Å². The summed E-state index contributed by atoms with van der Waals surface area (Å²) < 4.78 is 0. The van der Waals surface area contributed by atoms with E-state index in [-0.39, 0.29) is 5.69 Å². The summed E-state index contributed by atoms with van der Waals surface area (Å²) in [6.45, 7) is 0. The van der Waals surface area contributed by atoms with Crippen molar-refractivity contribution in [3.05, 3.63) is 63.7 Å². The van der Waals surface area contributed by atoms with Crippen molar-refractivity contribution in [2.75, 3.05) is 9.91 Å². The number of nitro benzene ring substituents is 1. The maximum absolute atomic E-state index is 12.8. The van der Waals surface area contributed by atoms with Crippen LogP contribution in [0.25, 0.3) is 0 Å². The van der Waals surface area contributed by atoms with E-state index in [2.05, 4.69) is 10.3 Å². The third kappa shape index (κ3) is 2.40. The zero-order valence-corrected chi connectivity index (χ0v) is 13.8. The molecular weight excluding hydrogens is 362 g/mol. The number of carbonyl (C=O) groups excluding carboxylic acids is 2. The second-order valence-electron chi connectivity index (χ2n) is 5.70. The average Bonchev–Trinajstić information content (AvgIpc) is 3.17. The molecule has 9 nitrogen and oxygen atoms in total. The summed E-state index contributed by atoms with van der Waals surface area (Å²) in [4.78, 5) is 36.8. The number of nitro groups is 1. The van der Waals surface area contributed by atoms with Crippen molar-refractivity contribution in [2.45, 2.75) is 12.1 Å². The monoisotopic (exact) mass is 371 g/mol. The Morgan fingerprint density at radius 1 is 0.962 bits per heavy atom. The molecule has 0 N–H and O–H groups in total.